The number of pyridine rings is 1. The third kappa shape index (κ3) is 3.68. The number of aromatic nitrogens is 4. The fourth-order valence-corrected chi connectivity index (χ4v) is 5.31. The molecule has 162 valence electrons. The van der Waals surface area contributed by atoms with Crippen LogP contribution in [0.3, 0.4) is 0 Å². The number of anilines is 3. The summed E-state index contributed by atoms with van der Waals surface area (Å²) in [6, 6.07) is 5.38. The maximum Gasteiger partial charge on any atom is 0.173 e. The van der Waals surface area contributed by atoms with Gasteiger partial charge < -0.3 is 24.5 Å². The summed E-state index contributed by atoms with van der Waals surface area (Å²) in [7, 11) is -2.55. The summed E-state index contributed by atoms with van der Waals surface area (Å²) in [5.41, 5.74) is 3.41. The van der Waals surface area contributed by atoms with Gasteiger partial charge in [0.1, 0.15) is 7.14 Å². The van der Waals surface area contributed by atoms with Crippen molar-refractivity contribution in [3.63, 3.8) is 0 Å². The average Bonchev–Trinajstić information content (AvgIpc) is 3.30. The lowest BCUT2D eigenvalue weighted by Crippen LogP contribution is -2.45. The van der Waals surface area contributed by atoms with Crippen molar-refractivity contribution in [1.82, 2.24) is 24.9 Å². The van der Waals surface area contributed by atoms with Crippen LogP contribution in [0.5, 0.6) is 0 Å². The van der Waals surface area contributed by atoms with Crippen molar-refractivity contribution in [2.45, 2.75) is 6.92 Å². The normalized spacial score (nSPS) is 15.2. The SMILES string of the molecule is Cc1cn2cc(Nc3n[nH]c4cc(N5CCNCC5)c(P(C)(C)=O)cc34)cc(F)c2n1. The van der Waals surface area contributed by atoms with E-state index in [9.17, 15) is 8.96 Å². The molecule has 31 heavy (non-hydrogen) atoms. The molecule has 1 saturated heterocycles. The number of nitrogens with one attached hydrogen (secondary N) is 3. The van der Waals surface area contributed by atoms with Gasteiger partial charge >= 0.3 is 0 Å². The summed E-state index contributed by atoms with van der Waals surface area (Å²) in [4.78, 5) is 6.46. The summed E-state index contributed by atoms with van der Waals surface area (Å²) in [5, 5.41) is 15.7. The van der Waals surface area contributed by atoms with E-state index in [0.29, 0.717) is 11.5 Å². The molecule has 3 N–H and O–H groups in total. The molecule has 0 bridgehead atoms. The van der Waals surface area contributed by atoms with Crippen LogP contribution in [0.1, 0.15) is 5.69 Å². The first-order valence-corrected chi connectivity index (χ1v) is 12.8. The second-order valence-electron chi connectivity index (χ2n) is 8.36. The van der Waals surface area contributed by atoms with Gasteiger partial charge in [0.15, 0.2) is 17.3 Å². The van der Waals surface area contributed by atoms with Crippen LogP contribution in [0.4, 0.5) is 21.6 Å². The van der Waals surface area contributed by atoms with Gasteiger partial charge in [-0.1, -0.05) is 0 Å². The molecule has 0 spiro atoms. The minimum atomic E-state index is -2.55. The van der Waals surface area contributed by atoms with Gasteiger partial charge in [-0.3, -0.25) is 5.10 Å². The third-order valence-corrected chi connectivity index (χ3v) is 7.10. The fraction of sp³-hybridized carbons (Fsp3) is 0.333. The van der Waals surface area contributed by atoms with Crippen LogP contribution in [0.25, 0.3) is 16.6 Å². The summed E-state index contributed by atoms with van der Waals surface area (Å²) in [6.07, 6.45) is 3.55. The molecule has 4 aromatic rings. The van der Waals surface area contributed by atoms with Crippen LogP contribution in [0, 0.1) is 12.7 Å². The molecule has 0 unspecified atom stereocenters. The molecule has 4 heterocycles. The number of hydrogen-bond acceptors (Lipinski definition) is 6. The van der Waals surface area contributed by atoms with Crippen LogP contribution in [0.2, 0.25) is 0 Å². The van der Waals surface area contributed by atoms with Crippen LogP contribution in [-0.4, -0.2) is 59.1 Å². The quantitative estimate of drug-likeness (QED) is 0.422. The van der Waals surface area contributed by atoms with Gasteiger partial charge in [-0.25, -0.2) is 9.37 Å². The Labute approximate surface area is 179 Å². The number of piperazine rings is 1. The smallest absolute Gasteiger partial charge is 0.173 e. The summed E-state index contributed by atoms with van der Waals surface area (Å²) >= 11 is 0. The summed E-state index contributed by atoms with van der Waals surface area (Å²) in [6.45, 7) is 8.92. The Morgan fingerprint density at radius 3 is 2.68 bits per heavy atom. The lowest BCUT2D eigenvalue weighted by atomic mass is 10.2. The number of fused-ring (bicyclic) bond motifs is 2. The Balaban J connectivity index is 1.58. The number of aryl methyl sites for hydroxylation is 1. The predicted octanol–water partition coefficient (Wildman–Crippen LogP) is 3.06. The highest BCUT2D eigenvalue weighted by molar-refractivity contribution is 7.70. The van der Waals surface area contributed by atoms with Crippen molar-refractivity contribution >= 4 is 46.2 Å². The molecular weight excluding hydrogens is 416 g/mol. The minimum Gasteiger partial charge on any atom is -0.368 e. The highest BCUT2D eigenvalue weighted by atomic mass is 31.2. The molecule has 1 aliphatic heterocycles. The molecule has 1 aromatic carbocycles. The van der Waals surface area contributed by atoms with Gasteiger partial charge in [0.25, 0.3) is 0 Å². The number of hydrogen-bond donors (Lipinski definition) is 3. The van der Waals surface area contributed by atoms with Crippen molar-refractivity contribution in [3.05, 3.63) is 42.1 Å². The number of imidazole rings is 1. The maximum atomic E-state index is 14.5. The number of nitrogens with zero attached hydrogens (tertiary/aromatic N) is 4. The van der Waals surface area contributed by atoms with E-state index >= 15 is 0 Å². The van der Waals surface area contributed by atoms with Crippen molar-refractivity contribution in [1.29, 1.82) is 0 Å². The molecule has 5 rings (SSSR count). The second-order valence-corrected chi connectivity index (χ2v) is 11.5. The number of benzene rings is 1. The van der Waals surface area contributed by atoms with Gasteiger partial charge in [0.05, 0.1) is 16.9 Å². The Morgan fingerprint density at radius 1 is 1.16 bits per heavy atom. The summed E-state index contributed by atoms with van der Waals surface area (Å²) < 4.78 is 29.3. The van der Waals surface area contributed by atoms with Crippen molar-refractivity contribution in [2.24, 2.45) is 0 Å². The average molecular weight is 441 g/mol. The van der Waals surface area contributed by atoms with E-state index in [-0.39, 0.29) is 5.65 Å². The lowest BCUT2D eigenvalue weighted by molar-refractivity contribution is 0.584. The first kappa shape index (κ1) is 20.0. The zero-order chi connectivity index (χ0) is 21.8. The minimum absolute atomic E-state index is 0.288. The fourth-order valence-electron chi connectivity index (χ4n) is 4.11. The van der Waals surface area contributed by atoms with Crippen LogP contribution in [0.15, 0.2) is 30.6 Å². The zero-order valence-electron chi connectivity index (χ0n) is 17.7. The second kappa shape index (κ2) is 7.35. The molecule has 0 atom stereocenters. The topological polar surface area (TPSA) is 90.4 Å². The number of aromatic amines is 1. The van der Waals surface area contributed by atoms with E-state index in [1.54, 1.807) is 30.1 Å². The molecule has 0 saturated carbocycles. The van der Waals surface area contributed by atoms with Gasteiger partial charge in [-0.15, -0.1) is 0 Å². The molecule has 1 aliphatic rings. The molecular formula is C21H25FN7OP. The lowest BCUT2D eigenvalue weighted by Gasteiger charge is -2.32. The molecule has 0 radical (unpaired) electrons. The van der Waals surface area contributed by atoms with Crippen molar-refractivity contribution < 1.29 is 8.96 Å². The molecule has 3 aromatic heterocycles. The number of rotatable bonds is 4. The Hall–Kier alpha value is -2.90. The Morgan fingerprint density at radius 2 is 1.94 bits per heavy atom. The standard InChI is InChI=1S/C21H25FN7OP/c1-13-11-29-12-14(8-16(22)21(29)24-13)25-20-15-9-19(31(2,3)30)18(10-17(15)26-27-20)28-6-4-23-5-7-28/h8-12,23H,4-7H2,1-3H3,(H2,25,26,27). The first-order chi connectivity index (χ1) is 14.8. The van der Waals surface area contributed by atoms with Crippen molar-refractivity contribution in [2.75, 3.05) is 49.7 Å². The van der Waals surface area contributed by atoms with E-state index in [1.165, 1.54) is 6.07 Å². The van der Waals surface area contributed by atoms with Gasteiger partial charge in [-0.05, 0) is 32.4 Å². The molecule has 1 fully saturated rings. The van der Waals surface area contributed by atoms with E-state index in [4.69, 9.17) is 0 Å². The third-order valence-electron chi connectivity index (χ3n) is 5.59. The number of halogens is 1. The largest absolute Gasteiger partial charge is 0.368 e. The maximum absolute atomic E-state index is 14.5. The van der Waals surface area contributed by atoms with E-state index in [1.807, 2.05) is 19.1 Å². The molecule has 0 amide bonds. The highest BCUT2D eigenvalue weighted by Gasteiger charge is 2.24. The Bertz CT molecular complexity index is 1330. The van der Waals surface area contributed by atoms with Gasteiger partial charge in [0.2, 0.25) is 0 Å². The van der Waals surface area contributed by atoms with Crippen molar-refractivity contribution in [3.8, 4) is 0 Å². The van der Waals surface area contributed by atoms with Crippen LogP contribution in [-0.2, 0) is 4.57 Å². The van der Waals surface area contributed by atoms with E-state index < -0.39 is 13.0 Å². The monoisotopic (exact) mass is 441 g/mol. The van der Waals surface area contributed by atoms with Gasteiger partial charge in [-0.2, -0.15) is 5.10 Å². The number of H-pyrrole nitrogens is 1. The summed E-state index contributed by atoms with van der Waals surface area (Å²) in [5.74, 6) is 0.151. The van der Waals surface area contributed by atoms with E-state index in [0.717, 1.165) is 53.8 Å². The van der Waals surface area contributed by atoms with Gasteiger partial charge in [0, 0.05) is 61.0 Å². The van der Waals surface area contributed by atoms with Crippen LogP contribution >= 0.6 is 7.14 Å². The zero-order valence-corrected chi connectivity index (χ0v) is 18.6. The Kier molecular flexibility index (Phi) is 4.75. The molecule has 10 heteroatoms. The van der Waals surface area contributed by atoms with Crippen LogP contribution < -0.4 is 20.8 Å². The first-order valence-electron chi connectivity index (χ1n) is 10.2. The highest BCUT2D eigenvalue weighted by Crippen LogP contribution is 2.41. The van der Waals surface area contributed by atoms with E-state index in [2.05, 4.69) is 30.7 Å². The molecule has 0 aliphatic carbocycles. The predicted molar refractivity (Wildman–Crippen MR) is 123 cm³/mol. The molecule has 8 nitrogen and oxygen atoms in total.